The minimum Gasteiger partial charge on any atom is -0.301 e. The van der Waals surface area contributed by atoms with Gasteiger partial charge in [0.1, 0.15) is 11.2 Å². The molecule has 0 atom stereocenters. The van der Waals surface area contributed by atoms with Gasteiger partial charge < -0.3 is 4.90 Å². The zero-order valence-electron chi connectivity index (χ0n) is 13.0. The van der Waals surface area contributed by atoms with Crippen molar-refractivity contribution in [3.8, 4) is 11.4 Å². The molecule has 0 amide bonds. The van der Waals surface area contributed by atoms with Crippen LogP contribution >= 0.6 is 22.9 Å². The number of aromatic nitrogens is 4. The first-order chi connectivity index (χ1) is 11.7. The molecule has 1 aliphatic rings. The van der Waals surface area contributed by atoms with E-state index >= 15 is 0 Å². The number of hydrogen-bond donors (Lipinski definition) is 0. The molecule has 0 unspecified atom stereocenters. The minimum atomic E-state index is 0.703. The molecule has 0 saturated heterocycles. The fraction of sp³-hybridized carbons (Fsp3) is 0.235. The zero-order valence-corrected chi connectivity index (χ0v) is 14.6. The highest BCUT2D eigenvalue weighted by Gasteiger charge is 2.22. The van der Waals surface area contributed by atoms with E-state index in [0.29, 0.717) is 10.8 Å². The summed E-state index contributed by atoms with van der Waals surface area (Å²) in [6.07, 6.45) is 2.80. The van der Waals surface area contributed by atoms with Crippen LogP contribution in [0.1, 0.15) is 10.4 Å². The van der Waals surface area contributed by atoms with Crippen molar-refractivity contribution in [3.05, 3.63) is 46.1 Å². The molecule has 3 aromatic heterocycles. The van der Waals surface area contributed by atoms with Crippen molar-refractivity contribution in [1.29, 1.82) is 0 Å². The van der Waals surface area contributed by atoms with Crippen molar-refractivity contribution in [1.82, 2.24) is 24.5 Å². The van der Waals surface area contributed by atoms with Gasteiger partial charge in [0.05, 0.1) is 5.39 Å². The molecular weight excluding hydrogens is 342 g/mol. The maximum atomic E-state index is 5.97. The lowest BCUT2D eigenvalue weighted by Crippen LogP contribution is -2.25. The number of fused-ring (bicyclic) bond motifs is 5. The molecule has 0 saturated carbocycles. The van der Waals surface area contributed by atoms with Gasteiger partial charge in [-0.1, -0.05) is 11.6 Å². The first kappa shape index (κ1) is 14.3. The summed E-state index contributed by atoms with van der Waals surface area (Å²) < 4.78 is 1.79. The third-order valence-corrected chi connectivity index (χ3v) is 5.85. The van der Waals surface area contributed by atoms with Gasteiger partial charge in [0, 0.05) is 28.6 Å². The first-order valence-corrected chi connectivity index (χ1v) is 8.98. The van der Waals surface area contributed by atoms with Gasteiger partial charge in [-0.3, -0.25) is 0 Å². The smallest absolute Gasteiger partial charge is 0.182 e. The zero-order chi connectivity index (χ0) is 16.3. The molecule has 0 bridgehead atoms. The molecule has 0 aliphatic carbocycles. The van der Waals surface area contributed by atoms with Gasteiger partial charge in [-0.25, -0.2) is 14.5 Å². The van der Waals surface area contributed by atoms with Crippen LogP contribution in [0.5, 0.6) is 0 Å². The summed E-state index contributed by atoms with van der Waals surface area (Å²) in [7, 11) is 2.16. The van der Waals surface area contributed by atoms with E-state index in [-0.39, 0.29) is 0 Å². The SMILES string of the molecule is CN1CCc2c(sc3ncn4nc(-c5ccc(Cl)cc5)nc4c23)C1. The summed E-state index contributed by atoms with van der Waals surface area (Å²) in [4.78, 5) is 14.2. The van der Waals surface area contributed by atoms with E-state index in [0.717, 1.165) is 35.6 Å². The number of likely N-dealkylation sites (N-methyl/N-ethyl adjacent to an activating group) is 1. The number of benzene rings is 1. The molecule has 4 heterocycles. The molecule has 24 heavy (non-hydrogen) atoms. The Morgan fingerprint density at radius 3 is 2.88 bits per heavy atom. The Bertz CT molecular complexity index is 1070. The summed E-state index contributed by atoms with van der Waals surface area (Å²) >= 11 is 7.75. The maximum Gasteiger partial charge on any atom is 0.182 e. The molecule has 0 fully saturated rings. The second-order valence-corrected chi connectivity index (χ2v) is 7.65. The largest absolute Gasteiger partial charge is 0.301 e. The molecule has 0 radical (unpaired) electrons. The lowest BCUT2D eigenvalue weighted by molar-refractivity contribution is 0.318. The average molecular weight is 356 g/mol. The predicted molar refractivity (Wildman–Crippen MR) is 96.6 cm³/mol. The Morgan fingerprint density at radius 2 is 2.04 bits per heavy atom. The van der Waals surface area contributed by atoms with Crippen molar-refractivity contribution in [3.63, 3.8) is 0 Å². The van der Waals surface area contributed by atoms with E-state index < -0.39 is 0 Å². The number of thiophene rings is 1. The Balaban J connectivity index is 1.74. The third kappa shape index (κ3) is 2.14. The van der Waals surface area contributed by atoms with Crippen LogP contribution in [0, 0.1) is 0 Å². The van der Waals surface area contributed by atoms with Gasteiger partial charge in [0.2, 0.25) is 0 Å². The summed E-state index contributed by atoms with van der Waals surface area (Å²) in [6.45, 7) is 2.05. The van der Waals surface area contributed by atoms with E-state index in [1.165, 1.54) is 15.8 Å². The summed E-state index contributed by atoms with van der Waals surface area (Å²) in [5, 5.41) is 6.48. The Labute approximate surface area is 147 Å². The minimum absolute atomic E-state index is 0.703. The van der Waals surface area contributed by atoms with Gasteiger partial charge in [-0.05, 0) is 43.3 Å². The standard InChI is InChI=1S/C17H14ClN5S/c1-22-7-6-12-13(8-22)24-17-14(12)16-20-15(21-23(16)9-19-17)10-2-4-11(18)5-3-10/h2-5,9H,6-8H2,1H3. The van der Waals surface area contributed by atoms with E-state index in [9.17, 15) is 0 Å². The van der Waals surface area contributed by atoms with Gasteiger partial charge in [0.15, 0.2) is 11.5 Å². The first-order valence-electron chi connectivity index (χ1n) is 7.79. The number of halogens is 1. The van der Waals surface area contributed by atoms with E-state index in [1.807, 2.05) is 24.3 Å². The Hall–Kier alpha value is -2.02. The molecule has 0 spiro atoms. The highest BCUT2D eigenvalue weighted by molar-refractivity contribution is 7.19. The quantitative estimate of drug-likeness (QED) is 0.523. The van der Waals surface area contributed by atoms with Gasteiger partial charge in [-0.15, -0.1) is 16.4 Å². The molecule has 7 heteroatoms. The number of rotatable bonds is 1. The lowest BCUT2D eigenvalue weighted by atomic mass is 10.1. The van der Waals surface area contributed by atoms with Crippen LogP contribution in [0.15, 0.2) is 30.6 Å². The Morgan fingerprint density at radius 1 is 1.21 bits per heavy atom. The molecule has 1 aliphatic heterocycles. The van der Waals surface area contributed by atoms with E-state index in [4.69, 9.17) is 16.6 Å². The topological polar surface area (TPSA) is 46.3 Å². The Kier molecular flexibility index (Phi) is 3.13. The van der Waals surface area contributed by atoms with Crippen molar-refractivity contribution in [2.24, 2.45) is 0 Å². The summed E-state index contributed by atoms with van der Waals surface area (Å²) in [5.41, 5.74) is 3.24. The molecular formula is C17H14ClN5S. The average Bonchev–Trinajstić information content (AvgIpc) is 3.15. The summed E-state index contributed by atoms with van der Waals surface area (Å²) in [5.74, 6) is 0.703. The highest BCUT2D eigenvalue weighted by atomic mass is 35.5. The molecule has 0 N–H and O–H groups in total. The number of nitrogens with zero attached hydrogens (tertiary/aromatic N) is 5. The van der Waals surface area contributed by atoms with Crippen molar-refractivity contribution in [2.45, 2.75) is 13.0 Å². The van der Waals surface area contributed by atoms with Crippen LogP contribution in [0.2, 0.25) is 5.02 Å². The van der Waals surface area contributed by atoms with E-state index in [2.05, 4.69) is 22.0 Å². The predicted octanol–water partition coefficient (Wildman–Crippen LogP) is 3.65. The van der Waals surface area contributed by atoms with Crippen LogP contribution < -0.4 is 0 Å². The van der Waals surface area contributed by atoms with Crippen molar-refractivity contribution >= 4 is 38.8 Å². The van der Waals surface area contributed by atoms with Gasteiger partial charge >= 0.3 is 0 Å². The maximum absolute atomic E-state index is 5.97. The monoisotopic (exact) mass is 355 g/mol. The van der Waals surface area contributed by atoms with Crippen LogP contribution in [0.25, 0.3) is 27.3 Å². The lowest BCUT2D eigenvalue weighted by Gasteiger charge is -2.21. The van der Waals surface area contributed by atoms with Gasteiger partial charge in [-0.2, -0.15) is 0 Å². The second kappa shape index (κ2) is 5.24. The van der Waals surface area contributed by atoms with Crippen LogP contribution in [-0.2, 0) is 13.0 Å². The van der Waals surface area contributed by atoms with Crippen molar-refractivity contribution in [2.75, 3.05) is 13.6 Å². The van der Waals surface area contributed by atoms with Crippen LogP contribution in [0.4, 0.5) is 0 Å². The fourth-order valence-corrected chi connectivity index (χ4v) is 4.63. The highest BCUT2D eigenvalue weighted by Crippen LogP contribution is 2.36. The van der Waals surface area contributed by atoms with Crippen LogP contribution in [-0.4, -0.2) is 38.1 Å². The molecule has 4 aromatic rings. The van der Waals surface area contributed by atoms with Crippen LogP contribution in [0.3, 0.4) is 0 Å². The summed E-state index contributed by atoms with van der Waals surface area (Å²) in [6, 6.07) is 7.61. The molecule has 5 nitrogen and oxygen atoms in total. The normalized spacial score (nSPS) is 15.2. The van der Waals surface area contributed by atoms with E-state index in [1.54, 1.807) is 22.2 Å². The number of hydrogen-bond acceptors (Lipinski definition) is 5. The molecule has 1 aromatic carbocycles. The molecule has 5 rings (SSSR count). The second-order valence-electron chi connectivity index (χ2n) is 6.13. The van der Waals surface area contributed by atoms with Crippen molar-refractivity contribution < 1.29 is 0 Å². The van der Waals surface area contributed by atoms with Gasteiger partial charge in [0.25, 0.3) is 0 Å². The molecule has 120 valence electrons. The third-order valence-electron chi connectivity index (χ3n) is 4.47. The fourth-order valence-electron chi connectivity index (χ4n) is 3.24.